The molecule has 4 rings (SSSR count). The monoisotopic (exact) mass is 421 g/mol. The molecule has 1 aromatic carbocycles. The summed E-state index contributed by atoms with van der Waals surface area (Å²) < 4.78 is 33.2. The highest BCUT2D eigenvalue weighted by Gasteiger charge is 2.54. The van der Waals surface area contributed by atoms with Crippen LogP contribution in [0.5, 0.6) is 11.5 Å². The number of Topliss-reactive ketones (excluding diaryl/α,β-unsaturated/α-hetero) is 1. The summed E-state index contributed by atoms with van der Waals surface area (Å²) >= 11 is 0. The van der Waals surface area contributed by atoms with Crippen molar-refractivity contribution < 1.29 is 22.1 Å². The fourth-order valence-corrected chi connectivity index (χ4v) is 7.10. The summed E-state index contributed by atoms with van der Waals surface area (Å²) in [5, 5.41) is 5.06. The lowest BCUT2D eigenvalue weighted by Crippen LogP contribution is -2.42. The largest absolute Gasteiger partial charge is 0.493 e. The van der Waals surface area contributed by atoms with Gasteiger partial charge in [0, 0.05) is 6.42 Å². The van der Waals surface area contributed by atoms with E-state index in [0.717, 1.165) is 37.7 Å². The van der Waals surface area contributed by atoms with Gasteiger partial charge in [0.15, 0.2) is 11.5 Å². The lowest BCUT2D eigenvalue weighted by atomic mass is 9.54. The first-order valence-electron chi connectivity index (χ1n) is 10.5. The van der Waals surface area contributed by atoms with Crippen LogP contribution in [0.3, 0.4) is 0 Å². The van der Waals surface area contributed by atoms with Crippen LogP contribution in [0.25, 0.3) is 0 Å². The van der Waals surface area contributed by atoms with Crippen molar-refractivity contribution in [1.82, 2.24) is 0 Å². The van der Waals surface area contributed by atoms with Crippen LogP contribution in [-0.4, -0.2) is 21.3 Å². The molecule has 0 aliphatic heterocycles. The summed E-state index contributed by atoms with van der Waals surface area (Å²) in [6, 6.07) is 3.74. The lowest BCUT2D eigenvalue weighted by molar-refractivity contribution is -0.119. The molecule has 0 bridgehead atoms. The molecule has 0 heterocycles. The molecule has 0 unspecified atom stereocenters. The number of hydrogen-bond acceptors (Lipinski definition) is 5. The van der Waals surface area contributed by atoms with E-state index in [-0.39, 0.29) is 11.2 Å². The summed E-state index contributed by atoms with van der Waals surface area (Å²) in [5.74, 6) is 3.08. The molecule has 0 radical (unpaired) electrons. The number of nitrogens with two attached hydrogens (primary N) is 1. The van der Waals surface area contributed by atoms with Crippen molar-refractivity contribution in [3.8, 4) is 11.5 Å². The first-order valence-corrected chi connectivity index (χ1v) is 12.0. The van der Waals surface area contributed by atoms with Crippen molar-refractivity contribution >= 4 is 16.1 Å². The molecule has 3 aliphatic carbocycles. The van der Waals surface area contributed by atoms with E-state index in [9.17, 15) is 13.2 Å². The third-order valence-corrected chi connectivity index (χ3v) is 8.36. The highest BCUT2D eigenvalue weighted by atomic mass is 32.2. The molecule has 5 atom stereocenters. The van der Waals surface area contributed by atoms with Crippen LogP contribution in [0, 0.1) is 23.2 Å². The van der Waals surface area contributed by atoms with E-state index in [4.69, 9.17) is 14.1 Å². The zero-order chi connectivity index (χ0) is 21.0. The Morgan fingerprint density at radius 3 is 2.62 bits per heavy atom. The van der Waals surface area contributed by atoms with Crippen LogP contribution in [0.4, 0.5) is 0 Å². The van der Waals surface area contributed by atoms with Gasteiger partial charge < -0.3 is 13.7 Å². The molecule has 6 nitrogen and oxygen atoms in total. The van der Waals surface area contributed by atoms with Gasteiger partial charge in [0.25, 0.3) is 0 Å². The Labute approximate surface area is 173 Å². The quantitative estimate of drug-likeness (QED) is 0.781. The Kier molecular flexibility index (Phi) is 5.18. The van der Waals surface area contributed by atoms with E-state index < -0.39 is 10.3 Å². The van der Waals surface area contributed by atoms with Crippen molar-refractivity contribution in [3.63, 3.8) is 0 Å². The zero-order valence-corrected chi connectivity index (χ0v) is 18.3. The van der Waals surface area contributed by atoms with Crippen molar-refractivity contribution in [2.75, 3.05) is 7.11 Å². The number of rotatable bonds is 5. The Morgan fingerprint density at radius 2 is 1.97 bits per heavy atom. The molecule has 0 amide bonds. The number of ether oxygens (including phenoxy) is 1. The molecular formula is C22H31NO5S. The average Bonchev–Trinajstić information content (AvgIpc) is 2.95. The topological polar surface area (TPSA) is 95.7 Å². The number of ketones is 1. The summed E-state index contributed by atoms with van der Waals surface area (Å²) in [4.78, 5) is 11.8. The number of carbonyl (C=O) groups is 1. The number of benzene rings is 1. The van der Waals surface area contributed by atoms with Gasteiger partial charge in [0.05, 0.1) is 7.11 Å². The Balaban J connectivity index is 1.65. The van der Waals surface area contributed by atoms with E-state index in [1.807, 2.05) is 6.07 Å². The zero-order valence-electron chi connectivity index (χ0n) is 17.4. The SMILES string of the molecule is COc1cc2c(cc1OS(N)(=O)=O)CC[C@@H]1[C@@H]2CC[C@]2(C)[C@@H](CC(C)=O)CC[C@@H]12. The van der Waals surface area contributed by atoms with E-state index in [1.165, 1.54) is 19.1 Å². The minimum absolute atomic E-state index is 0.162. The molecule has 2 N–H and O–H groups in total. The molecule has 0 saturated heterocycles. The molecule has 160 valence electrons. The van der Waals surface area contributed by atoms with Crippen molar-refractivity contribution in [2.24, 2.45) is 28.3 Å². The van der Waals surface area contributed by atoms with E-state index >= 15 is 0 Å². The van der Waals surface area contributed by atoms with Crippen molar-refractivity contribution in [1.29, 1.82) is 0 Å². The highest BCUT2D eigenvalue weighted by molar-refractivity contribution is 7.84. The van der Waals surface area contributed by atoms with Crippen LogP contribution in [0.1, 0.15) is 69.4 Å². The Morgan fingerprint density at radius 1 is 1.21 bits per heavy atom. The highest BCUT2D eigenvalue weighted by Crippen LogP contribution is 2.64. The second kappa shape index (κ2) is 7.27. The van der Waals surface area contributed by atoms with E-state index in [1.54, 1.807) is 13.0 Å². The summed E-state index contributed by atoms with van der Waals surface area (Å²) in [6.45, 7) is 4.13. The predicted molar refractivity (Wildman–Crippen MR) is 110 cm³/mol. The van der Waals surface area contributed by atoms with Crippen LogP contribution in [0.15, 0.2) is 12.1 Å². The Bertz CT molecular complexity index is 927. The fraction of sp³-hybridized carbons (Fsp3) is 0.682. The van der Waals surface area contributed by atoms with Gasteiger partial charge >= 0.3 is 10.3 Å². The summed E-state index contributed by atoms with van der Waals surface area (Å²) in [7, 11) is -2.59. The number of fused-ring (bicyclic) bond motifs is 5. The maximum absolute atomic E-state index is 11.8. The van der Waals surface area contributed by atoms with Gasteiger partial charge in [-0.3, -0.25) is 0 Å². The van der Waals surface area contributed by atoms with Gasteiger partial charge in [-0.15, -0.1) is 0 Å². The molecule has 0 spiro atoms. The predicted octanol–water partition coefficient (Wildman–Crippen LogP) is 3.73. The Hall–Kier alpha value is -1.60. The van der Waals surface area contributed by atoms with E-state index in [0.29, 0.717) is 41.6 Å². The van der Waals surface area contributed by atoms with Crippen molar-refractivity contribution in [3.05, 3.63) is 23.3 Å². The maximum atomic E-state index is 11.8. The second-order valence-corrected chi connectivity index (χ2v) is 10.6. The number of hydrogen-bond donors (Lipinski definition) is 1. The minimum atomic E-state index is -4.10. The summed E-state index contributed by atoms with van der Waals surface area (Å²) in [6.07, 6.45) is 7.28. The van der Waals surface area contributed by atoms with Gasteiger partial charge in [0.1, 0.15) is 5.78 Å². The molecule has 2 fully saturated rings. The number of aryl methyl sites for hydroxylation is 1. The maximum Gasteiger partial charge on any atom is 0.380 e. The number of methoxy groups -OCH3 is 1. The molecule has 3 aliphatic rings. The van der Waals surface area contributed by atoms with E-state index in [2.05, 4.69) is 6.92 Å². The molecule has 0 aromatic heterocycles. The van der Waals surface area contributed by atoms with Gasteiger partial charge in [-0.05, 0) is 97.8 Å². The fourth-order valence-electron chi connectivity index (χ4n) is 6.72. The molecule has 1 aromatic rings. The smallest absolute Gasteiger partial charge is 0.380 e. The molecular weight excluding hydrogens is 390 g/mol. The van der Waals surface area contributed by atoms with Gasteiger partial charge in [-0.1, -0.05) is 6.92 Å². The van der Waals surface area contributed by atoms with Gasteiger partial charge in [0.2, 0.25) is 0 Å². The summed E-state index contributed by atoms with van der Waals surface area (Å²) in [5.41, 5.74) is 2.65. The van der Waals surface area contributed by atoms with Crippen LogP contribution in [-0.2, 0) is 21.5 Å². The minimum Gasteiger partial charge on any atom is -0.493 e. The standard InChI is InChI=1S/C22H31NO5S/c1-13(24)10-15-5-7-19-17-6-4-14-11-21(28-29(23,25)26)20(27-3)12-18(14)16(17)8-9-22(15,19)2/h11-12,15-17,19H,4-10H2,1-3H3,(H2,23,25,26)/t15-,16+,17-,19+,22-/m1/s1. The van der Waals surface area contributed by atoms with Crippen LogP contribution < -0.4 is 14.1 Å². The normalized spacial score (nSPS) is 33.4. The first kappa shape index (κ1) is 20.7. The van der Waals surface area contributed by atoms with Gasteiger partial charge in [-0.25, -0.2) is 0 Å². The molecule has 2 saturated carbocycles. The molecule has 7 heteroatoms. The second-order valence-electron chi connectivity index (χ2n) is 9.42. The molecule has 29 heavy (non-hydrogen) atoms. The first-order chi connectivity index (χ1) is 13.6. The van der Waals surface area contributed by atoms with Crippen molar-refractivity contribution in [2.45, 2.75) is 64.7 Å². The third kappa shape index (κ3) is 3.67. The lowest BCUT2D eigenvalue weighted by Gasteiger charge is -2.51. The van der Waals surface area contributed by atoms with Crippen LogP contribution >= 0.6 is 0 Å². The number of carbonyl (C=O) groups excluding carboxylic acids is 1. The third-order valence-electron chi connectivity index (χ3n) is 7.95. The average molecular weight is 422 g/mol. The van der Waals surface area contributed by atoms with Gasteiger partial charge in [-0.2, -0.15) is 13.6 Å². The van der Waals surface area contributed by atoms with Crippen LogP contribution in [0.2, 0.25) is 0 Å².